The maximum absolute atomic E-state index is 11.7. The van der Waals surface area contributed by atoms with E-state index in [1.165, 1.54) is 0 Å². The first kappa shape index (κ1) is 14.4. The minimum absolute atomic E-state index is 0.00913. The molecule has 1 saturated heterocycles. The van der Waals surface area contributed by atoms with E-state index in [2.05, 4.69) is 0 Å². The minimum atomic E-state index is -3.03. The Morgan fingerprint density at radius 2 is 2.12 bits per heavy atom. The smallest absolute Gasteiger partial charge is 0.304 e. The highest BCUT2D eigenvalue weighted by Gasteiger charge is 2.28. The van der Waals surface area contributed by atoms with Gasteiger partial charge in [-0.1, -0.05) is 0 Å². The summed E-state index contributed by atoms with van der Waals surface area (Å²) in [7, 11) is -3.03. The van der Waals surface area contributed by atoms with E-state index in [1.807, 2.05) is 4.90 Å². The normalized spacial score (nSPS) is 22.2. The van der Waals surface area contributed by atoms with Crippen LogP contribution in [0.4, 0.5) is 0 Å². The van der Waals surface area contributed by atoms with Crippen molar-refractivity contribution in [1.82, 2.24) is 4.90 Å². The second-order valence-corrected chi connectivity index (χ2v) is 7.52. The predicted octanol–water partition coefficient (Wildman–Crippen LogP) is 0.749. The molecule has 0 saturated carbocycles. The van der Waals surface area contributed by atoms with E-state index in [4.69, 9.17) is 5.11 Å². The van der Waals surface area contributed by atoms with Gasteiger partial charge in [0.15, 0.2) is 9.84 Å². The molecule has 0 aromatic heterocycles. The first-order valence-electron chi connectivity index (χ1n) is 6.00. The Hall–Kier alpha value is -0.620. The van der Waals surface area contributed by atoms with Crippen molar-refractivity contribution in [3.63, 3.8) is 0 Å². The molecule has 17 heavy (non-hydrogen) atoms. The van der Waals surface area contributed by atoms with Crippen LogP contribution in [-0.2, 0) is 14.6 Å². The Morgan fingerprint density at radius 3 is 2.65 bits per heavy atom. The van der Waals surface area contributed by atoms with E-state index in [0.29, 0.717) is 6.54 Å². The molecule has 0 radical (unpaired) electrons. The molecule has 1 aliphatic heterocycles. The van der Waals surface area contributed by atoms with Gasteiger partial charge in [0, 0.05) is 12.6 Å². The molecule has 1 heterocycles. The number of likely N-dealkylation sites (tertiary alicyclic amines) is 1. The van der Waals surface area contributed by atoms with Crippen molar-refractivity contribution in [2.45, 2.75) is 44.4 Å². The van der Waals surface area contributed by atoms with E-state index in [9.17, 15) is 13.2 Å². The summed E-state index contributed by atoms with van der Waals surface area (Å²) < 4.78 is 23.3. The SMILES string of the molecule is CC(C)S(=O)(=O)CCN1CCCC1CC(=O)O. The van der Waals surface area contributed by atoms with Crippen LogP contribution in [0.3, 0.4) is 0 Å². The molecular formula is C11H21NO4S. The van der Waals surface area contributed by atoms with Gasteiger partial charge in [0.25, 0.3) is 0 Å². The Balaban J connectivity index is 2.48. The molecule has 1 atom stereocenters. The zero-order valence-corrected chi connectivity index (χ0v) is 11.2. The summed E-state index contributed by atoms with van der Waals surface area (Å²) in [5.41, 5.74) is 0. The van der Waals surface area contributed by atoms with Gasteiger partial charge in [0.2, 0.25) is 0 Å². The van der Waals surface area contributed by atoms with Gasteiger partial charge < -0.3 is 5.11 Å². The van der Waals surface area contributed by atoms with Crippen molar-refractivity contribution < 1.29 is 18.3 Å². The number of sulfone groups is 1. The summed E-state index contributed by atoms with van der Waals surface area (Å²) >= 11 is 0. The number of carbonyl (C=O) groups is 1. The van der Waals surface area contributed by atoms with Crippen LogP contribution < -0.4 is 0 Å². The van der Waals surface area contributed by atoms with Gasteiger partial charge >= 0.3 is 5.97 Å². The lowest BCUT2D eigenvalue weighted by Crippen LogP contribution is -2.36. The largest absolute Gasteiger partial charge is 0.481 e. The van der Waals surface area contributed by atoms with Crippen LogP contribution in [0.5, 0.6) is 0 Å². The second kappa shape index (κ2) is 5.82. The summed E-state index contributed by atoms with van der Waals surface area (Å²) in [6.07, 6.45) is 1.93. The highest BCUT2D eigenvalue weighted by atomic mass is 32.2. The zero-order chi connectivity index (χ0) is 13.1. The fourth-order valence-electron chi connectivity index (χ4n) is 2.10. The van der Waals surface area contributed by atoms with Crippen molar-refractivity contribution in [1.29, 1.82) is 0 Å². The fraction of sp³-hybridized carbons (Fsp3) is 0.909. The van der Waals surface area contributed by atoms with Crippen molar-refractivity contribution in [3.8, 4) is 0 Å². The van der Waals surface area contributed by atoms with Crippen LogP contribution in [0.15, 0.2) is 0 Å². The van der Waals surface area contributed by atoms with Crippen LogP contribution >= 0.6 is 0 Å². The number of aliphatic carboxylic acids is 1. The Bertz CT molecular complexity index is 364. The van der Waals surface area contributed by atoms with Crippen molar-refractivity contribution in [2.24, 2.45) is 0 Å². The van der Waals surface area contributed by atoms with E-state index in [1.54, 1.807) is 13.8 Å². The first-order valence-corrected chi connectivity index (χ1v) is 7.72. The van der Waals surface area contributed by atoms with Crippen molar-refractivity contribution >= 4 is 15.8 Å². The van der Waals surface area contributed by atoms with Crippen molar-refractivity contribution in [2.75, 3.05) is 18.8 Å². The lowest BCUT2D eigenvalue weighted by molar-refractivity contribution is -0.138. The third-order valence-electron chi connectivity index (χ3n) is 3.29. The summed E-state index contributed by atoms with van der Waals surface area (Å²) in [6, 6.07) is 0.00913. The van der Waals surface area contributed by atoms with Crippen LogP contribution in [0.1, 0.15) is 33.1 Å². The molecule has 1 fully saturated rings. The van der Waals surface area contributed by atoms with Crippen LogP contribution in [0, 0.1) is 0 Å². The molecule has 1 aliphatic rings. The van der Waals surface area contributed by atoms with Gasteiger partial charge in [-0.3, -0.25) is 9.69 Å². The van der Waals surface area contributed by atoms with Crippen molar-refractivity contribution in [3.05, 3.63) is 0 Å². The summed E-state index contributed by atoms with van der Waals surface area (Å²) in [5, 5.41) is 8.40. The maximum atomic E-state index is 11.7. The Labute approximate surface area is 103 Å². The maximum Gasteiger partial charge on any atom is 0.304 e. The first-order chi connectivity index (χ1) is 7.83. The lowest BCUT2D eigenvalue weighted by atomic mass is 10.1. The Kier molecular flexibility index (Phi) is 4.94. The molecule has 1 N–H and O–H groups in total. The fourth-order valence-corrected chi connectivity index (χ4v) is 3.06. The summed E-state index contributed by atoms with van der Waals surface area (Å²) in [6.45, 7) is 4.62. The molecule has 0 aliphatic carbocycles. The van der Waals surface area contributed by atoms with Crippen LogP contribution in [0.2, 0.25) is 0 Å². The van der Waals surface area contributed by atoms with E-state index in [0.717, 1.165) is 19.4 Å². The molecule has 1 rings (SSSR count). The topological polar surface area (TPSA) is 74.7 Å². The van der Waals surface area contributed by atoms with E-state index in [-0.39, 0.29) is 23.5 Å². The van der Waals surface area contributed by atoms with Gasteiger partial charge in [0.1, 0.15) is 0 Å². The van der Waals surface area contributed by atoms with E-state index < -0.39 is 15.8 Å². The van der Waals surface area contributed by atoms with Crippen LogP contribution in [-0.4, -0.2) is 54.5 Å². The molecule has 0 aromatic carbocycles. The number of carboxylic acids is 1. The molecule has 0 spiro atoms. The summed E-state index contributed by atoms with van der Waals surface area (Å²) in [4.78, 5) is 12.7. The minimum Gasteiger partial charge on any atom is -0.481 e. The molecule has 0 bridgehead atoms. The number of carboxylic acid groups (broad SMARTS) is 1. The second-order valence-electron chi connectivity index (χ2n) is 4.85. The quantitative estimate of drug-likeness (QED) is 0.765. The van der Waals surface area contributed by atoms with Gasteiger partial charge in [-0.15, -0.1) is 0 Å². The third kappa shape index (κ3) is 4.27. The average Bonchev–Trinajstić information content (AvgIpc) is 2.61. The van der Waals surface area contributed by atoms with E-state index >= 15 is 0 Å². The summed E-state index contributed by atoms with van der Waals surface area (Å²) in [5.74, 6) is -0.686. The third-order valence-corrected chi connectivity index (χ3v) is 5.48. The monoisotopic (exact) mass is 263 g/mol. The van der Waals surface area contributed by atoms with Gasteiger partial charge in [-0.2, -0.15) is 0 Å². The van der Waals surface area contributed by atoms with Gasteiger partial charge in [0.05, 0.1) is 17.4 Å². The Morgan fingerprint density at radius 1 is 1.47 bits per heavy atom. The van der Waals surface area contributed by atoms with Crippen LogP contribution in [0.25, 0.3) is 0 Å². The highest BCUT2D eigenvalue weighted by Crippen LogP contribution is 2.20. The molecule has 0 aromatic rings. The number of hydrogen-bond donors (Lipinski definition) is 1. The molecule has 1 unspecified atom stereocenters. The highest BCUT2D eigenvalue weighted by molar-refractivity contribution is 7.92. The number of nitrogens with zero attached hydrogens (tertiary/aromatic N) is 1. The lowest BCUT2D eigenvalue weighted by Gasteiger charge is -2.23. The van der Waals surface area contributed by atoms with Gasteiger partial charge in [-0.05, 0) is 33.2 Å². The molecule has 6 heteroatoms. The van der Waals surface area contributed by atoms with Gasteiger partial charge in [-0.25, -0.2) is 8.42 Å². The zero-order valence-electron chi connectivity index (χ0n) is 10.4. The number of rotatable bonds is 6. The molecular weight excluding hydrogens is 242 g/mol. The molecule has 100 valence electrons. The molecule has 5 nitrogen and oxygen atoms in total. The number of hydrogen-bond acceptors (Lipinski definition) is 4. The average molecular weight is 263 g/mol. The predicted molar refractivity (Wildman–Crippen MR) is 65.8 cm³/mol. The molecule has 0 amide bonds. The standard InChI is InChI=1S/C11H21NO4S/c1-9(2)17(15,16)7-6-12-5-3-4-10(12)8-11(13)14/h9-10H,3-8H2,1-2H3,(H,13,14).